The van der Waals surface area contributed by atoms with Crippen molar-refractivity contribution in [3.63, 3.8) is 0 Å². The smallest absolute Gasteiger partial charge is 0.244 e. The lowest BCUT2D eigenvalue weighted by atomic mass is 10.0. The van der Waals surface area contributed by atoms with Crippen LogP contribution in [0.3, 0.4) is 0 Å². The van der Waals surface area contributed by atoms with E-state index >= 15 is 0 Å². The van der Waals surface area contributed by atoms with Crippen LogP contribution in [0.15, 0.2) is 21.5 Å². The van der Waals surface area contributed by atoms with Crippen molar-refractivity contribution in [3.8, 4) is 5.75 Å². The Bertz CT molecular complexity index is 633. The van der Waals surface area contributed by atoms with Crippen LogP contribution in [0.5, 0.6) is 5.75 Å². The highest BCUT2D eigenvalue weighted by molar-refractivity contribution is 9.10. The van der Waals surface area contributed by atoms with E-state index < -0.39 is 10.0 Å². The molecule has 2 aliphatic rings. The molecule has 0 saturated carbocycles. The molecule has 0 radical (unpaired) electrons. The van der Waals surface area contributed by atoms with Crippen LogP contribution in [0.25, 0.3) is 0 Å². The topological polar surface area (TPSA) is 67.4 Å². The Kier molecular flexibility index (Phi) is 6.13. The predicted octanol–water partition coefficient (Wildman–Crippen LogP) is 2.08. The van der Waals surface area contributed by atoms with E-state index in [1.807, 2.05) is 6.07 Å². The molecule has 3 rings (SSSR count). The molecule has 1 aromatic carbocycles. The number of halogens is 2. The molecule has 1 saturated heterocycles. The van der Waals surface area contributed by atoms with E-state index in [1.165, 1.54) is 0 Å². The van der Waals surface area contributed by atoms with Gasteiger partial charge in [-0.05, 0) is 44.0 Å². The van der Waals surface area contributed by atoms with Gasteiger partial charge >= 0.3 is 0 Å². The van der Waals surface area contributed by atoms with Gasteiger partial charge in [0.2, 0.25) is 10.0 Å². The molecule has 0 aliphatic carbocycles. The molecule has 2 N–H and O–H groups in total. The van der Waals surface area contributed by atoms with E-state index in [-0.39, 0.29) is 17.3 Å². The Labute approximate surface area is 145 Å². The van der Waals surface area contributed by atoms with Crippen molar-refractivity contribution in [2.45, 2.75) is 24.2 Å². The molecule has 8 heteroatoms. The number of piperidine rings is 1. The third kappa shape index (κ3) is 3.94. The number of rotatable bonds is 4. The minimum Gasteiger partial charge on any atom is -0.492 e. The van der Waals surface area contributed by atoms with Crippen LogP contribution in [0, 0.1) is 5.92 Å². The van der Waals surface area contributed by atoms with Crippen LogP contribution in [-0.4, -0.2) is 34.7 Å². The van der Waals surface area contributed by atoms with Crippen LogP contribution in [0.2, 0.25) is 0 Å². The summed E-state index contributed by atoms with van der Waals surface area (Å²) in [5, 5.41) is 3.29. The van der Waals surface area contributed by atoms with Crippen LogP contribution in [0.4, 0.5) is 0 Å². The van der Waals surface area contributed by atoms with Gasteiger partial charge in [-0.25, -0.2) is 13.1 Å². The molecule has 2 aliphatic heterocycles. The lowest BCUT2D eigenvalue weighted by Gasteiger charge is -2.23. The predicted molar refractivity (Wildman–Crippen MR) is 91.4 cm³/mol. The molecule has 0 aromatic heterocycles. The number of ether oxygens (including phenoxy) is 1. The number of hydrogen-bond donors (Lipinski definition) is 2. The van der Waals surface area contributed by atoms with Gasteiger partial charge in [-0.2, -0.15) is 0 Å². The standard InChI is InChI=1S/C14H19BrN2O3S.ClH/c15-12-6-11-3-5-20-14(11)13(7-12)21(18,19)17-9-10-2-1-4-16-8-10;/h6-7,10,16-17H,1-5,8-9H2;1H. The second-order valence-corrected chi connectivity index (χ2v) is 8.21. The second kappa shape index (κ2) is 7.49. The van der Waals surface area contributed by atoms with Crippen molar-refractivity contribution < 1.29 is 13.2 Å². The SMILES string of the molecule is Cl.O=S(=O)(NCC1CCCNC1)c1cc(Br)cc2c1OCC2. The van der Waals surface area contributed by atoms with E-state index in [0.29, 0.717) is 24.8 Å². The molecule has 1 unspecified atom stereocenters. The summed E-state index contributed by atoms with van der Waals surface area (Å²) in [5.41, 5.74) is 0.948. The maximum atomic E-state index is 12.6. The average Bonchev–Trinajstić information content (AvgIpc) is 2.93. The molecule has 22 heavy (non-hydrogen) atoms. The highest BCUT2D eigenvalue weighted by atomic mass is 79.9. The molecule has 0 bridgehead atoms. The Morgan fingerprint density at radius 3 is 2.95 bits per heavy atom. The maximum Gasteiger partial charge on any atom is 0.244 e. The molecular weight excluding hydrogens is 392 g/mol. The van der Waals surface area contributed by atoms with Gasteiger partial charge in [0.05, 0.1) is 6.61 Å². The fourth-order valence-electron chi connectivity index (χ4n) is 2.84. The number of sulfonamides is 1. The van der Waals surface area contributed by atoms with Gasteiger partial charge in [-0.1, -0.05) is 15.9 Å². The van der Waals surface area contributed by atoms with E-state index in [0.717, 1.165) is 42.4 Å². The van der Waals surface area contributed by atoms with Crippen molar-refractivity contribution in [1.29, 1.82) is 0 Å². The van der Waals surface area contributed by atoms with E-state index in [2.05, 4.69) is 26.0 Å². The number of benzene rings is 1. The zero-order chi connectivity index (χ0) is 14.9. The van der Waals surface area contributed by atoms with Crippen molar-refractivity contribution in [1.82, 2.24) is 10.0 Å². The maximum absolute atomic E-state index is 12.6. The van der Waals surface area contributed by atoms with Crippen molar-refractivity contribution in [2.24, 2.45) is 5.92 Å². The molecular formula is C14H20BrClN2O3S. The molecule has 2 heterocycles. The summed E-state index contributed by atoms with van der Waals surface area (Å²) in [6.07, 6.45) is 2.91. The van der Waals surface area contributed by atoms with Gasteiger partial charge in [0.15, 0.2) is 0 Å². The van der Waals surface area contributed by atoms with Gasteiger partial charge in [-0.15, -0.1) is 12.4 Å². The van der Waals surface area contributed by atoms with Gasteiger partial charge in [0.25, 0.3) is 0 Å². The third-order valence-corrected chi connectivity index (χ3v) is 5.85. The quantitative estimate of drug-likeness (QED) is 0.796. The summed E-state index contributed by atoms with van der Waals surface area (Å²) in [7, 11) is -3.54. The summed E-state index contributed by atoms with van der Waals surface area (Å²) in [4.78, 5) is 0.244. The molecule has 0 amide bonds. The Balaban J connectivity index is 0.00000176. The minimum absolute atomic E-state index is 0. The Morgan fingerprint density at radius 1 is 1.41 bits per heavy atom. The lowest BCUT2D eigenvalue weighted by molar-refractivity contribution is 0.347. The fraction of sp³-hybridized carbons (Fsp3) is 0.571. The molecule has 1 atom stereocenters. The van der Waals surface area contributed by atoms with Gasteiger partial charge in [0.1, 0.15) is 10.6 Å². The Morgan fingerprint density at radius 2 is 2.23 bits per heavy atom. The van der Waals surface area contributed by atoms with E-state index in [1.54, 1.807) is 6.07 Å². The van der Waals surface area contributed by atoms with Crippen molar-refractivity contribution in [3.05, 3.63) is 22.2 Å². The van der Waals surface area contributed by atoms with Gasteiger partial charge in [-0.3, -0.25) is 0 Å². The number of fused-ring (bicyclic) bond motifs is 1. The third-order valence-electron chi connectivity index (χ3n) is 3.96. The second-order valence-electron chi connectivity index (χ2n) is 5.55. The van der Waals surface area contributed by atoms with Crippen molar-refractivity contribution >= 4 is 38.4 Å². The number of hydrogen-bond acceptors (Lipinski definition) is 4. The molecule has 124 valence electrons. The van der Waals surface area contributed by atoms with Crippen LogP contribution < -0.4 is 14.8 Å². The summed E-state index contributed by atoms with van der Waals surface area (Å²) in [6.45, 7) is 2.91. The summed E-state index contributed by atoms with van der Waals surface area (Å²) < 4.78 is 34.1. The molecule has 1 fully saturated rings. The van der Waals surface area contributed by atoms with Gasteiger partial charge < -0.3 is 10.1 Å². The zero-order valence-electron chi connectivity index (χ0n) is 12.1. The minimum atomic E-state index is -3.54. The van der Waals surface area contributed by atoms with Crippen LogP contribution >= 0.6 is 28.3 Å². The summed E-state index contributed by atoms with van der Waals surface area (Å²) in [6, 6.07) is 3.54. The van der Waals surface area contributed by atoms with Gasteiger partial charge in [0, 0.05) is 23.0 Å². The first-order valence-electron chi connectivity index (χ1n) is 7.22. The first-order valence-corrected chi connectivity index (χ1v) is 9.49. The van der Waals surface area contributed by atoms with E-state index in [9.17, 15) is 8.42 Å². The van der Waals surface area contributed by atoms with Crippen LogP contribution in [0.1, 0.15) is 18.4 Å². The highest BCUT2D eigenvalue weighted by Gasteiger charge is 2.27. The molecule has 0 spiro atoms. The average molecular weight is 412 g/mol. The highest BCUT2D eigenvalue weighted by Crippen LogP contribution is 2.35. The van der Waals surface area contributed by atoms with Crippen LogP contribution in [-0.2, 0) is 16.4 Å². The largest absolute Gasteiger partial charge is 0.492 e. The first kappa shape index (κ1) is 18.0. The zero-order valence-corrected chi connectivity index (χ0v) is 15.3. The first-order chi connectivity index (χ1) is 10.1. The molecule has 5 nitrogen and oxygen atoms in total. The lowest BCUT2D eigenvalue weighted by Crippen LogP contribution is -2.38. The summed E-state index contributed by atoms with van der Waals surface area (Å²) >= 11 is 3.38. The monoisotopic (exact) mass is 410 g/mol. The van der Waals surface area contributed by atoms with Crippen molar-refractivity contribution in [2.75, 3.05) is 26.2 Å². The number of nitrogens with one attached hydrogen (secondary N) is 2. The molecule has 1 aromatic rings. The van der Waals surface area contributed by atoms with E-state index in [4.69, 9.17) is 4.74 Å². The normalized spacial score (nSPS) is 20.9. The Hall–Kier alpha value is -0.340. The summed E-state index contributed by atoms with van der Waals surface area (Å²) in [5.74, 6) is 0.863. The fourth-order valence-corrected chi connectivity index (χ4v) is 4.82.